The lowest BCUT2D eigenvalue weighted by molar-refractivity contribution is -0.138. The Morgan fingerprint density at radius 1 is 1.24 bits per heavy atom. The van der Waals surface area contributed by atoms with E-state index in [1.165, 1.54) is 6.08 Å². The van der Waals surface area contributed by atoms with Crippen molar-refractivity contribution < 1.29 is 14.3 Å². The predicted octanol–water partition coefficient (Wildman–Crippen LogP) is 2.61. The van der Waals surface area contributed by atoms with Crippen molar-refractivity contribution in [3.8, 4) is 0 Å². The third kappa shape index (κ3) is 5.66. The predicted molar refractivity (Wildman–Crippen MR) is 66.4 cm³/mol. The van der Waals surface area contributed by atoms with Gasteiger partial charge in [-0.05, 0) is 11.6 Å². The zero-order valence-corrected chi connectivity index (χ0v) is 9.89. The summed E-state index contributed by atoms with van der Waals surface area (Å²) >= 11 is 0. The zero-order valence-electron chi connectivity index (χ0n) is 9.89. The summed E-state index contributed by atoms with van der Waals surface area (Å²) in [4.78, 5) is 22.2. The fourth-order valence-corrected chi connectivity index (χ4v) is 1.22. The molecule has 0 N–H and O–H groups in total. The maximum Gasteiger partial charge on any atom is 0.330 e. The van der Waals surface area contributed by atoms with Gasteiger partial charge in [0.2, 0.25) is 0 Å². The van der Waals surface area contributed by atoms with Crippen LogP contribution in [-0.2, 0) is 14.3 Å². The average molecular weight is 232 g/mol. The Hall–Kier alpha value is -1.90. The van der Waals surface area contributed by atoms with E-state index < -0.39 is 5.97 Å². The van der Waals surface area contributed by atoms with Crippen LogP contribution < -0.4 is 0 Å². The lowest BCUT2D eigenvalue weighted by Crippen LogP contribution is -2.06. The highest BCUT2D eigenvalue weighted by atomic mass is 16.5. The smallest absolute Gasteiger partial charge is 0.330 e. The van der Waals surface area contributed by atoms with Gasteiger partial charge >= 0.3 is 5.97 Å². The largest absolute Gasteiger partial charge is 0.462 e. The molecule has 0 aliphatic carbocycles. The molecule has 0 aliphatic heterocycles. The summed E-state index contributed by atoms with van der Waals surface area (Å²) in [6.45, 7) is 1.95. The number of carbonyl (C=O) groups excluding carboxylic acids is 2. The molecule has 1 rings (SSSR count). The highest BCUT2D eigenvalue weighted by Gasteiger charge is 2.00. The van der Waals surface area contributed by atoms with Crippen molar-refractivity contribution in [2.24, 2.45) is 0 Å². The minimum Gasteiger partial charge on any atom is -0.462 e. The first-order valence-electron chi connectivity index (χ1n) is 5.64. The zero-order chi connectivity index (χ0) is 12.5. The minimum atomic E-state index is -0.419. The van der Waals surface area contributed by atoms with E-state index in [4.69, 9.17) is 4.74 Å². The molecule has 0 bridgehead atoms. The standard InChI is InChI=1S/C14H16O3/c1-2-13(15)10-11-17-14(16)9-8-12-6-4-3-5-7-12/h3-9H,2,10-11H2,1H3/b9-8+. The van der Waals surface area contributed by atoms with E-state index in [0.717, 1.165) is 5.56 Å². The summed E-state index contributed by atoms with van der Waals surface area (Å²) in [5, 5.41) is 0. The topological polar surface area (TPSA) is 43.4 Å². The number of hydrogen-bond acceptors (Lipinski definition) is 3. The van der Waals surface area contributed by atoms with E-state index in [0.29, 0.717) is 12.8 Å². The van der Waals surface area contributed by atoms with Crippen LogP contribution in [0.1, 0.15) is 25.3 Å². The number of esters is 1. The second kappa shape index (κ2) is 7.39. The minimum absolute atomic E-state index is 0.102. The van der Waals surface area contributed by atoms with Gasteiger partial charge in [-0.25, -0.2) is 4.79 Å². The van der Waals surface area contributed by atoms with Crippen LogP contribution in [0, 0.1) is 0 Å². The van der Waals surface area contributed by atoms with E-state index in [2.05, 4.69) is 0 Å². The van der Waals surface area contributed by atoms with Crippen LogP contribution in [0.3, 0.4) is 0 Å². The summed E-state index contributed by atoms with van der Waals surface area (Å²) in [6.07, 6.45) is 3.83. The van der Waals surface area contributed by atoms with Crippen LogP contribution in [0.4, 0.5) is 0 Å². The van der Waals surface area contributed by atoms with E-state index in [1.807, 2.05) is 30.3 Å². The Morgan fingerprint density at radius 3 is 2.59 bits per heavy atom. The molecule has 0 saturated carbocycles. The molecule has 0 aliphatic rings. The molecule has 90 valence electrons. The summed E-state index contributed by atoms with van der Waals surface area (Å²) in [7, 11) is 0. The van der Waals surface area contributed by atoms with E-state index in [-0.39, 0.29) is 12.4 Å². The van der Waals surface area contributed by atoms with Gasteiger partial charge in [0, 0.05) is 18.9 Å². The van der Waals surface area contributed by atoms with Gasteiger partial charge in [0.25, 0.3) is 0 Å². The molecular formula is C14H16O3. The van der Waals surface area contributed by atoms with E-state index >= 15 is 0 Å². The highest BCUT2D eigenvalue weighted by Crippen LogP contribution is 2.01. The fraction of sp³-hybridized carbons (Fsp3) is 0.286. The Kier molecular flexibility index (Phi) is 5.72. The average Bonchev–Trinajstić information content (AvgIpc) is 2.37. The van der Waals surface area contributed by atoms with Crippen LogP contribution >= 0.6 is 0 Å². The van der Waals surface area contributed by atoms with Crippen molar-refractivity contribution in [2.75, 3.05) is 6.61 Å². The molecule has 1 aromatic rings. The molecule has 0 fully saturated rings. The first-order valence-corrected chi connectivity index (χ1v) is 5.64. The Labute approximate surface area is 101 Å². The molecule has 0 heterocycles. The van der Waals surface area contributed by atoms with Gasteiger partial charge in [0.05, 0.1) is 6.61 Å². The number of carbonyl (C=O) groups is 2. The molecule has 0 aromatic heterocycles. The molecule has 0 saturated heterocycles. The van der Waals surface area contributed by atoms with Gasteiger partial charge in [0.15, 0.2) is 0 Å². The highest BCUT2D eigenvalue weighted by molar-refractivity contribution is 5.87. The number of hydrogen-bond donors (Lipinski definition) is 0. The number of Topliss-reactive ketones (excluding diaryl/α,β-unsaturated/α-hetero) is 1. The summed E-state index contributed by atoms with van der Waals surface area (Å²) in [5.41, 5.74) is 0.939. The van der Waals surface area contributed by atoms with Gasteiger partial charge in [-0.1, -0.05) is 37.3 Å². The third-order valence-electron chi connectivity index (χ3n) is 2.23. The number of ether oxygens (including phenoxy) is 1. The lowest BCUT2D eigenvalue weighted by Gasteiger charge is -1.99. The van der Waals surface area contributed by atoms with Gasteiger partial charge in [-0.2, -0.15) is 0 Å². The van der Waals surface area contributed by atoms with Crippen LogP contribution in [0.25, 0.3) is 6.08 Å². The SMILES string of the molecule is CCC(=O)CCOC(=O)/C=C/c1ccccc1. The summed E-state index contributed by atoms with van der Waals surface area (Å²) in [6, 6.07) is 9.48. The molecule has 0 unspecified atom stereocenters. The number of benzene rings is 1. The number of rotatable bonds is 6. The van der Waals surface area contributed by atoms with Crippen LogP contribution in [0.15, 0.2) is 36.4 Å². The monoisotopic (exact) mass is 232 g/mol. The van der Waals surface area contributed by atoms with Gasteiger partial charge in [-0.3, -0.25) is 4.79 Å². The van der Waals surface area contributed by atoms with Crippen LogP contribution in [0.5, 0.6) is 0 Å². The molecule has 3 nitrogen and oxygen atoms in total. The van der Waals surface area contributed by atoms with Gasteiger partial charge < -0.3 is 4.74 Å². The molecule has 0 atom stereocenters. The van der Waals surface area contributed by atoms with Crippen LogP contribution in [0.2, 0.25) is 0 Å². The van der Waals surface area contributed by atoms with E-state index in [9.17, 15) is 9.59 Å². The summed E-state index contributed by atoms with van der Waals surface area (Å²) in [5.74, 6) is -0.317. The maximum atomic E-state index is 11.3. The van der Waals surface area contributed by atoms with Crippen molar-refractivity contribution in [2.45, 2.75) is 19.8 Å². The van der Waals surface area contributed by atoms with Crippen LogP contribution in [-0.4, -0.2) is 18.4 Å². The molecule has 0 spiro atoms. The fourth-order valence-electron chi connectivity index (χ4n) is 1.22. The Morgan fingerprint density at radius 2 is 1.94 bits per heavy atom. The number of ketones is 1. The lowest BCUT2D eigenvalue weighted by atomic mass is 10.2. The first kappa shape index (κ1) is 13.2. The third-order valence-corrected chi connectivity index (χ3v) is 2.23. The molecule has 1 aromatic carbocycles. The molecule has 3 heteroatoms. The van der Waals surface area contributed by atoms with Crippen molar-refractivity contribution in [3.05, 3.63) is 42.0 Å². The second-order valence-corrected chi connectivity index (χ2v) is 3.55. The second-order valence-electron chi connectivity index (χ2n) is 3.55. The molecule has 17 heavy (non-hydrogen) atoms. The van der Waals surface area contributed by atoms with Crippen molar-refractivity contribution >= 4 is 17.8 Å². The Balaban J connectivity index is 2.30. The first-order chi connectivity index (χ1) is 8.22. The molecular weight excluding hydrogens is 216 g/mol. The normalized spacial score (nSPS) is 10.4. The van der Waals surface area contributed by atoms with Crippen molar-refractivity contribution in [1.82, 2.24) is 0 Å². The van der Waals surface area contributed by atoms with Gasteiger partial charge in [-0.15, -0.1) is 0 Å². The molecule has 0 radical (unpaired) electrons. The Bertz CT molecular complexity index is 393. The molecule has 0 amide bonds. The van der Waals surface area contributed by atoms with E-state index in [1.54, 1.807) is 13.0 Å². The van der Waals surface area contributed by atoms with Crippen molar-refractivity contribution in [3.63, 3.8) is 0 Å². The quantitative estimate of drug-likeness (QED) is 0.559. The summed E-state index contributed by atoms with van der Waals surface area (Å²) < 4.78 is 4.89. The van der Waals surface area contributed by atoms with Gasteiger partial charge in [0.1, 0.15) is 5.78 Å². The van der Waals surface area contributed by atoms with Crippen molar-refractivity contribution in [1.29, 1.82) is 0 Å². The maximum absolute atomic E-state index is 11.3.